The van der Waals surface area contributed by atoms with Gasteiger partial charge in [0, 0.05) is 12.0 Å². The maximum absolute atomic E-state index is 13.0. The van der Waals surface area contributed by atoms with Crippen molar-refractivity contribution in [2.45, 2.75) is 32.7 Å². The Kier molecular flexibility index (Phi) is 7.46. The molecule has 1 atom stereocenters. The fourth-order valence-electron chi connectivity index (χ4n) is 3.35. The molecule has 3 rings (SSSR count). The first-order chi connectivity index (χ1) is 15.0. The number of carbonyl (C=O) groups is 2. The largest absolute Gasteiger partial charge is 0.493 e. The minimum absolute atomic E-state index is 0.338. The summed E-state index contributed by atoms with van der Waals surface area (Å²) >= 11 is 1.57. The smallest absolute Gasteiger partial charge is 0.333 e. The number of ether oxygens (including phenoxy) is 3. The molecule has 1 aromatic heterocycles. The molecule has 8 heteroatoms. The second-order valence-corrected chi connectivity index (χ2v) is 7.92. The predicted molar refractivity (Wildman–Crippen MR) is 120 cm³/mol. The predicted octanol–water partition coefficient (Wildman–Crippen LogP) is 4.34. The maximum atomic E-state index is 13.0. The standard InChI is InChI=1S/C23H26N2O5S/c1-5-7-15(2)23(27)30-14-22(26)25-18(13-17(24-25)21-8-6-11-31-21)16-9-10-19(28-3)20(12-16)29-4/h6-12,18H,5,13-14H2,1-4H3/b15-7-. The van der Waals surface area contributed by atoms with E-state index in [0.717, 1.165) is 22.6 Å². The van der Waals surface area contributed by atoms with Gasteiger partial charge in [0.15, 0.2) is 18.1 Å². The van der Waals surface area contributed by atoms with E-state index in [1.807, 2.05) is 36.6 Å². The monoisotopic (exact) mass is 442 g/mol. The molecule has 0 bridgehead atoms. The summed E-state index contributed by atoms with van der Waals surface area (Å²) in [6, 6.07) is 9.12. The molecule has 2 heterocycles. The summed E-state index contributed by atoms with van der Waals surface area (Å²) in [6.45, 7) is 3.23. The summed E-state index contributed by atoms with van der Waals surface area (Å²) in [7, 11) is 3.14. The lowest BCUT2D eigenvalue weighted by atomic mass is 10.0. The molecule has 1 aliphatic heterocycles. The van der Waals surface area contributed by atoms with Crippen LogP contribution in [0, 0.1) is 0 Å². The van der Waals surface area contributed by atoms with Crippen molar-refractivity contribution in [2.24, 2.45) is 5.10 Å². The van der Waals surface area contributed by atoms with Gasteiger partial charge in [-0.05, 0) is 42.5 Å². The zero-order valence-electron chi connectivity index (χ0n) is 18.1. The highest BCUT2D eigenvalue weighted by Crippen LogP contribution is 2.37. The van der Waals surface area contributed by atoms with Crippen LogP contribution in [0.3, 0.4) is 0 Å². The van der Waals surface area contributed by atoms with Gasteiger partial charge in [-0.3, -0.25) is 4.79 Å². The van der Waals surface area contributed by atoms with E-state index in [1.54, 1.807) is 44.6 Å². The molecule has 1 unspecified atom stereocenters. The van der Waals surface area contributed by atoms with Gasteiger partial charge in [0.25, 0.3) is 5.91 Å². The highest BCUT2D eigenvalue weighted by atomic mass is 32.1. The molecule has 0 N–H and O–H groups in total. The van der Waals surface area contributed by atoms with Gasteiger partial charge in [-0.1, -0.05) is 25.1 Å². The molecule has 1 amide bonds. The minimum Gasteiger partial charge on any atom is -0.493 e. The van der Waals surface area contributed by atoms with Crippen LogP contribution in [0.15, 0.2) is 52.5 Å². The first kappa shape index (κ1) is 22.6. The third-order valence-corrected chi connectivity index (χ3v) is 5.84. The van der Waals surface area contributed by atoms with E-state index in [0.29, 0.717) is 23.5 Å². The molecular weight excluding hydrogens is 416 g/mol. The molecule has 0 spiro atoms. The van der Waals surface area contributed by atoms with Crippen molar-refractivity contribution in [3.63, 3.8) is 0 Å². The van der Waals surface area contributed by atoms with Crippen LogP contribution < -0.4 is 9.47 Å². The van der Waals surface area contributed by atoms with Gasteiger partial charge in [-0.2, -0.15) is 5.10 Å². The normalized spacial score (nSPS) is 16.1. The highest BCUT2D eigenvalue weighted by Gasteiger charge is 2.34. The lowest BCUT2D eigenvalue weighted by Crippen LogP contribution is -2.31. The number of carbonyl (C=O) groups excluding carboxylic acids is 2. The van der Waals surface area contributed by atoms with E-state index in [4.69, 9.17) is 14.2 Å². The third-order valence-electron chi connectivity index (χ3n) is 4.92. The molecule has 0 saturated heterocycles. The van der Waals surface area contributed by atoms with Crippen molar-refractivity contribution in [1.82, 2.24) is 5.01 Å². The van der Waals surface area contributed by atoms with Crippen LogP contribution >= 0.6 is 11.3 Å². The second kappa shape index (κ2) is 10.3. The van der Waals surface area contributed by atoms with Gasteiger partial charge in [0.1, 0.15) is 0 Å². The number of amides is 1. The molecule has 0 fully saturated rings. The molecule has 164 valence electrons. The van der Waals surface area contributed by atoms with Crippen molar-refractivity contribution in [3.8, 4) is 11.5 Å². The first-order valence-electron chi connectivity index (χ1n) is 9.97. The van der Waals surface area contributed by atoms with Crippen molar-refractivity contribution < 1.29 is 23.8 Å². The van der Waals surface area contributed by atoms with Gasteiger partial charge in [0.2, 0.25) is 0 Å². The van der Waals surface area contributed by atoms with Crippen LogP contribution in [0.2, 0.25) is 0 Å². The maximum Gasteiger partial charge on any atom is 0.333 e. The number of hydrogen-bond acceptors (Lipinski definition) is 7. The van der Waals surface area contributed by atoms with Crippen LogP contribution in [0.4, 0.5) is 0 Å². The van der Waals surface area contributed by atoms with Crippen molar-refractivity contribution in [1.29, 1.82) is 0 Å². The average molecular weight is 443 g/mol. The number of methoxy groups -OCH3 is 2. The van der Waals surface area contributed by atoms with E-state index in [1.165, 1.54) is 5.01 Å². The zero-order chi connectivity index (χ0) is 22.4. The van der Waals surface area contributed by atoms with E-state index < -0.39 is 5.97 Å². The lowest BCUT2D eigenvalue weighted by Gasteiger charge is -2.22. The Morgan fingerprint density at radius 1 is 1.23 bits per heavy atom. The number of esters is 1. The van der Waals surface area contributed by atoms with Gasteiger partial charge in [-0.15, -0.1) is 11.3 Å². The van der Waals surface area contributed by atoms with Crippen molar-refractivity contribution in [3.05, 3.63) is 57.8 Å². The van der Waals surface area contributed by atoms with E-state index in [2.05, 4.69) is 5.10 Å². The van der Waals surface area contributed by atoms with Crippen LogP contribution in [0.1, 0.15) is 43.2 Å². The Bertz CT molecular complexity index is 997. The molecular formula is C23H26N2O5S. The Labute approximate surface area is 185 Å². The first-order valence-corrected chi connectivity index (χ1v) is 10.9. The minimum atomic E-state index is -0.500. The lowest BCUT2D eigenvalue weighted by molar-refractivity contribution is -0.149. The Morgan fingerprint density at radius 3 is 2.65 bits per heavy atom. The summed E-state index contributed by atoms with van der Waals surface area (Å²) in [5.74, 6) is 0.292. The fourth-order valence-corrected chi connectivity index (χ4v) is 4.07. The fraction of sp³-hybridized carbons (Fsp3) is 0.348. The van der Waals surface area contributed by atoms with E-state index >= 15 is 0 Å². The van der Waals surface area contributed by atoms with Gasteiger partial charge in [0.05, 0.1) is 30.9 Å². The van der Waals surface area contributed by atoms with Gasteiger partial charge >= 0.3 is 5.97 Å². The number of hydrogen-bond donors (Lipinski definition) is 0. The number of hydrazone groups is 1. The molecule has 0 saturated carbocycles. The quantitative estimate of drug-likeness (QED) is 0.449. The molecule has 2 aromatic rings. The summed E-state index contributed by atoms with van der Waals surface area (Å²) < 4.78 is 16.0. The third kappa shape index (κ3) is 5.14. The second-order valence-electron chi connectivity index (χ2n) is 6.97. The van der Waals surface area contributed by atoms with Crippen LogP contribution in [0.5, 0.6) is 11.5 Å². The number of rotatable bonds is 8. The number of thiophene rings is 1. The molecule has 31 heavy (non-hydrogen) atoms. The van der Waals surface area contributed by atoms with E-state index in [9.17, 15) is 9.59 Å². The summed E-state index contributed by atoms with van der Waals surface area (Å²) in [6.07, 6.45) is 3.03. The molecule has 1 aromatic carbocycles. The number of nitrogens with zero attached hydrogens (tertiary/aromatic N) is 2. The van der Waals surface area contributed by atoms with Gasteiger partial charge in [-0.25, -0.2) is 9.80 Å². The summed E-state index contributed by atoms with van der Waals surface area (Å²) in [5.41, 5.74) is 2.15. The molecule has 7 nitrogen and oxygen atoms in total. The van der Waals surface area contributed by atoms with Gasteiger partial charge < -0.3 is 14.2 Å². The highest BCUT2D eigenvalue weighted by molar-refractivity contribution is 7.12. The van der Waals surface area contributed by atoms with E-state index in [-0.39, 0.29) is 18.6 Å². The number of allylic oxidation sites excluding steroid dienone is 1. The molecule has 0 radical (unpaired) electrons. The SMILES string of the molecule is CC/C=C(/C)C(=O)OCC(=O)N1N=C(c2cccs2)CC1c1ccc(OC)c(OC)c1. The topological polar surface area (TPSA) is 77.4 Å². The average Bonchev–Trinajstić information content (AvgIpc) is 3.46. The Morgan fingerprint density at radius 2 is 2.00 bits per heavy atom. The Hall–Kier alpha value is -3.13. The summed E-state index contributed by atoms with van der Waals surface area (Å²) in [5, 5.41) is 7.95. The Balaban J connectivity index is 1.85. The zero-order valence-corrected chi connectivity index (χ0v) is 18.9. The molecule has 1 aliphatic rings. The summed E-state index contributed by atoms with van der Waals surface area (Å²) in [4.78, 5) is 26.1. The molecule has 0 aliphatic carbocycles. The van der Waals surface area contributed by atoms with Crippen LogP contribution in [0.25, 0.3) is 0 Å². The number of benzene rings is 1. The van der Waals surface area contributed by atoms with Crippen LogP contribution in [-0.4, -0.2) is 43.4 Å². The van der Waals surface area contributed by atoms with Crippen molar-refractivity contribution in [2.75, 3.05) is 20.8 Å². The van der Waals surface area contributed by atoms with Crippen molar-refractivity contribution >= 4 is 28.9 Å². The van der Waals surface area contributed by atoms with Crippen LogP contribution in [-0.2, 0) is 14.3 Å².